The van der Waals surface area contributed by atoms with E-state index in [2.05, 4.69) is 62.5 Å². The molecule has 3 aromatic carbocycles. The van der Waals surface area contributed by atoms with Crippen LogP contribution in [0.15, 0.2) is 77.3 Å². The molecule has 5 nitrogen and oxygen atoms in total. The molecule has 0 spiro atoms. The maximum Gasteiger partial charge on any atom is 0.226 e. The fraction of sp³-hybridized carbons (Fsp3) is 0.321. The Bertz CT molecular complexity index is 1110. The lowest BCUT2D eigenvalue weighted by Crippen LogP contribution is -2.39. The molecule has 1 N–H and O–H groups in total. The highest BCUT2D eigenvalue weighted by molar-refractivity contribution is 9.10. The number of hydrogen-bond acceptors (Lipinski definition) is 4. The number of halogens is 2. The van der Waals surface area contributed by atoms with Gasteiger partial charge in [0.1, 0.15) is 11.6 Å². The summed E-state index contributed by atoms with van der Waals surface area (Å²) in [4.78, 5) is 17.6. The normalized spacial score (nSPS) is 15.0. The van der Waals surface area contributed by atoms with Crippen LogP contribution in [0.25, 0.3) is 0 Å². The van der Waals surface area contributed by atoms with E-state index in [1.54, 1.807) is 12.1 Å². The molecule has 0 fully saturated rings. The Kier molecular flexibility index (Phi) is 9.15. The van der Waals surface area contributed by atoms with Gasteiger partial charge in [-0.15, -0.1) is 0 Å². The Balaban J connectivity index is 1.46. The van der Waals surface area contributed by atoms with Crippen LogP contribution in [0, 0.1) is 5.82 Å². The number of amides is 1. The average molecular weight is 540 g/mol. The Hall–Kier alpha value is -2.90. The van der Waals surface area contributed by atoms with Gasteiger partial charge in [-0.25, -0.2) is 4.39 Å². The maximum absolute atomic E-state index is 13.4. The number of carbonyl (C=O) groups is 1. The first-order valence-electron chi connectivity index (χ1n) is 12.0. The molecule has 0 unspecified atom stereocenters. The minimum absolute atomic E-state index is 0.0197. The van der Waals surface area contributed by atoms with Crippen LogP contribution in [0.1, 0.15) is 24.0 Å². The van der Waals surface area contributed by atoms with E-state index in [1.165, 1.54) is 17.7 Å². The number of rotatable bonds is 6. The molecule has 0 radical (unpaired) electrons. The molecule has 0 saturated carbocycles. The van der Waals surface area contributed by atoms with Crippen LogP contribution in [0.2, 0.25) is 0 Å². The quantitative estimate of drug-likeness (QED) is 0.436. The van der Waals surface area contributed by atoms with Crippen molar-refractivity contribution in [3.8, 4) is 5.75 Å². The summed E-state index contributed by atoms with van der Waals surface area (Å²) in [7, 11) is 0. The number of carbonyl (C=O) groups excluding carboxylic acids is 1. The molecule has 1 aliphatic heterocycles. The van der Waals surface area contributed by atoms with Crippen molar-refractivity contribution in [3.05, 3.63) is 94.2 Å². The molecule has 0 aromatic heterocycles. The number of benzene rings is 3. The molecule has 4 rings (SSSR count). The van der Waals surface area contributed by atoms with Crippen molar-refractivity contribution in [2.24, 2.45) is 0 Å². The van der Waals surface area contributed by atoms with Crippen LogP contribution in [-0.4, -0.2) is 48.5 Å². The van der Waals surface area contributed by atoms with Crippen molar-refractivity contribution in [1.29, 1.82) is 0 Å². The Morgan fingerprint density at radius 3 is 2.69 bits per heavy atom. The number of nitrogens with zero attached hydrogens (tertiary/aromatic N) is 2. The van der Waals surface area contributed by atoms with Gasteiger partial charge in [0.2, 0.25) is 5.91 Å². The summed E-state index contributed by atoms with van der Waals surface area (Å²) in [5, 5.41) is 3.56. The molecule has 0 saturated heterocycles. The van der Waals surface area contributed by atoms with E-state index in [4.69, 9.17) is 4.74 Å². The minimum atomic E-state index is -0.353. The first-order valence-corrected chi connectivity index (χ1v) is 12.8. The zero-order valence-corrected chi connectivity index (χ0v) is 21.3. The van der Waals surface area contributed by atoms with Gasteiger partial charge in [0.25, 0.3) is 0 Å². The van der Waals surface area contributed by atoms with Gasteiger partial charge in [0.15, 0.2) is 0 Å². The molecular weight excluding hydrogens is 509 g/mol. The highest BCUT2D eigenvalue weighted by Crippen LogP contribution is 2.24. The SMILES string of the molecule is O=C(CCOc1cccc(F)c1)N1CCN(Cc2ccccc2)CCCNc2ccc(Br)cc2C1. The van der Waals surface area contributed by atoms with E-state index in [-0.39, 0.29) is 24.8 Å². The standard InChI is InChI=1S/C28H31BrFN3O2/c29-24-10-11-27-23(18-24)21-33(28(34)12-17-35-26-9-4-8-25(30)19-26)16-15-32(14-5-13-31-27)20-22-6-2-1-3-7-22/h1-4,6-11,18-19,31H,5,12-17,20-21H2. The lowest BCUT2D eigenvalue weighted by atomic mass is 10.1. The maximum atomic E-state index is 13.4. The minimum Gasteiger partial charge on any atom is -0.493 e. The molecule has 7 heteroatoms. The second-order valence-corrected chi connectivity index (χ2v) is 9.63. The molecule has 35 heavy (non-hydrogen) atoms. The van der Waals surface area contributed by atoms with E-state index in [0.717, 1.165) is 48.3 Å². The molecule has 1 heterocycles. The first kappa shape index (κ1) is 25.2. The predicted molar refractivity (Wildman–Crippen MR) is 141 cm³/mol. The number of anilines is 1. The molecule has 0 aliphatic carbocycles. The molecule has 0 bridgehead atoms. The van der Waals surface area contributed by atoms with Gasteiger partial charge >= 0.3 is 0 Å². The summed E-state index contributed by atoms with van der Waals surface area (Å²) >= 11 is 3.57. The highest BCUT2D eigenvalue weighted by Gasteiger charge is 2.19. The van der Waals surface area contributed by atoms with Crippen molar-refractivity contribution in [2.45, 2.75) is 25.9 Å². The summed E-state index contributed by atoms with van der Waals surface area (Å²) in [5.74, 6) is 0.100. The van der Waals surface area contributed by atoms with Crippen LogP contribution in [0.5, 0.6) is 5.75 Å². The number of hydrogen-bond donors (Lipinski definition) is 1. The third-order valence-corrected chi connectivity index (χ3v) is 6.56. The third kappa shape index (κ3) is 7.80. The van der Waals surface area contributed by atoms with Crippen molar-refractivity contribution < 1.29 is 13.9 Å². The van der Waals surface area contributed by atoms with Crippen LogP contribution in [0.4, 0.5) is 10.1 Å². The third-order valence-electron chi connectivity index (χ3n) is 6.06. The second kappa shape index (κ2) is 12.7. The van der Waals surface area contributed by atoms with E-state index in [9.17, 15) is 9.18 Å². The van der Waals surface area contributed by atoms with Crippen LogP contribution in [0.3, 0.4) is 0 Å². The van der Waals surface area contributed by atoms with Gasteiger partial charge in [-0.3, -0.25) is 9.69 Å². The lowest BCUT2D eigenvalue weighted by molar-refractivity contribution is -0.132. The number of nitrogens with one attached hydrogen (secondary N) is 1. The summed E-state index contributed by atoms with van der Waals surface area (Å²) < 4.78 is 20.1. The summed E-state index contributed by atoms with van der Waals surface area (Å²) in [6, 6.07) is 22.6. The van der Waals surface area contributed by atoms with Gasteiger partial charge in [-0.2, -0.15) is 0 Å². The Morgan fingerprint density at radius 1 is 1.00 bits per heavy atom. The number of ether oxygens (including phenoxy) is 1. The average Bonchev–Trinajstić information content (AvgIpc) is 2.89. The van der Waals surface area contributed by atoms with Gasteiger partial charge < -0.3 is 15.0 Å². The molecule has 1 aliphatic rings. The Labute approximate surface area is 215 Å². The van der Waals surface area contributed by atoms with Crippen molar-refractivity contribution >= 4 is 27.5 Å². The predicted octanol–water partition coefficient (Wildman–Crippen LogP) is 5.70. The zero-order chi connectivity index (χ0) is 24.5. The monoisotopic (exact) mass is 539 g/mol. The van der Waals surface area contributed by atoms with Crippen molar-refractivity contribution in [2.75, 3.05) is 38.1 Å². The highest BCUT2D eigenvalue weighted by atomic mass is 79.9. The largest absolute Gasteiger partial charge is 0.493 e. The molecular formula is C28H31BrFN3O2. The fourth-order valence-corrected chi connectivity index (χ4v) is 4.64. The second-order valence-electron chi connectivity index (χ2n) is 8.71. The van der Waals surface area contributed by atoms with Crippen LogP contribution in [-0.2, 0) is 17.9 Å². The zero-order valence-electron chi connectivity index (χ0n) is 19.8. The van der Waals surface area contributed by atoms with Gasteiger partial charge in [-0.1, -0.05) is 52.3 Å². The van der Waals surface area contributed by atoms with Crippen molar-refractivity contribution in [1.82, 2.24) is 9.80 Å². The molecule has 0 atom stereocenters. The van der Waals surface area contributed by atoms with Gasteiger partial charge in [-0.05, 0) is 47.9 Å². The van der Waals surface area contributed by atoms with E-state index in [0.29, 0.717) is 18.8 Å². The van der Waals surface area contributed by atoms with E-state index < -0.39 is 0 Å². The first-order chi connectivity index (χ1) is 17.1. The number of fused-ring (bicyclic) bond motifs is 1. The Morgan fingerprint density at radius 2 is 1.86 bits per heavy atom. The van der Waals surface area contributed by atoms with E-state index in [1.807, 2.05) is 17.0 Å². The summed E-state index contributed by atoms with van der Waals surface area (Å²) in [6.45, 7) is 4.79. The van der Waals surface area contributed by atoms with Crippen molar-refractivity contribution in [3.63, 3.8) is 0 Å². The lowest BCUT2D eigenvalue weighted by Gasteiger charge is -2.28. The van der Waals surface area contributed by atoms with E-state index >= 15 is 0 Å². The fourth-order valence-electron chi connectivity index (χ4n) is 4.23. The van der Waals surface area contributed by atoms with Gasteiger partial charge in [0, 0.05) is 55.5 Å². The summed E-state index contributed by atoms with van der Waals surface area (Å²) in [6.07, 6.45) is 1.24. The molecule has 3 aromatic rings. The van der Waals surface area contributed by atoms with Crippen LogP contribution < -0.4 is 10.1 Å². The summed E-state index contributed by atoms with van der Waals surface area (Å²) in [5.41, 5.74) is 3.40. The van der Waals surface area contributed by atoms with Gasteiger partial charge in [0.05, 0.1) is 13.0 Å². The molecule has 1 amide bonds. The topological polar surface area (TPSA) is 44.8 Å². The molecule has 184 valence electrons. The van der Waals surface area contributed by atoms with Crippen LogP contribution >= 0.6 is 15.9 Å². The smallest absolute Gasteiger partial charge is 0.226 e.